The molecule has 7 heteroatoms. The quantitative estimate of drug-likeness (QED) is 0.704. The van der Waals surface area contributed by atoms with Crippen LogP contribution in [0.5, 0.6) is 0 Å². The maximum absolute atomic E-state index is 13.1. The minimum atomic E-state index is -0.627. The van der Waals surface area contributed by atoms with Gasteiger partial charge in [0.25, 0.3) is 0 Å². The second-order valence-corrected chi connectivity index (χ2v) is 8.78. The largest absolute Gasteiger partial charge is 0.352 e. The topological polar surface area (TPSA) is 78.5 Å². The smallest absolute Gasteiger partial charge is 0.246 e. The highest BCUT2D eigenvalue weighted by Gasteiger charge is 2.45. The molecule has 0 aromatic rings. The molecule has 2 rings (SSSR count). The van der Waals surface area contributed by atoms with Gasteiger partial charge in [0, 0.05) is 6.04 Å². The molecule has 0 spiro atoms. The van der Waals surface area contributed by atoms with Crippen molar-refractivity contribution in [3.63, 3.8) is 0 Å². The standard InChI is InChI=1S/C19H33N3O3S/c1-12(2)16(18(24)20-14-8-6-5-7-9-14)22-13(3)17(23)21-15(19(22)25)10-11-26-4/h12-16H,5-11H2,1-4H3,(H,20,24)(H,21,23). The summed E-state index contributed by atoms with van der Waals surface area (Å²) in [5.74, 6) is 0.303. The summed E-state index contributed by atoms with van der Waals surface area (Å²) in [6, 6.07) is -1.58. The Morgan fingerprint density at radius 3 is 2.50 bits per heavy atom. The van der Waals surface area contributed by atoms with Gasteiger partial charge in [-0.3, -0.25) is 14.4 Å². The van der Waals surface area contributed by atoms with Gasteiger partial charge in [0.2, 0.25) is 17.7 Å². The molecule has 3 atom stereocenters. The number of hydrogen-bond acceptors (Lipinski definition) is 4. The lowest BCUT2D eigenvalue weighted by Gasteiger charge is -2.43. The summed E-state index contributed by atoms with van der Waals surface area (Å²) in [6.07, 6.45) is 8.05. The van der Waals surface area contributed by atoms with Gasteiger partial charge < -0.3 is 15.5 Å². The third kappa shape index (κ3) is 4.93. The molecule has 0 radical (unpaired) electrons. The van der Waals surface area contributed by atoms with Crippen LogP contribution in [0.15, 0.2) is 0 Å². The first-order chi connectivity index (χ1) is 12.4. The maximum Gasteiger partial charge on any atom is 0.246 e. The zero-order valence-electron chi connectivity index (χ0n) is 16.4. The Kier molecular flexibility index (Phi) is 7.80. The molecular weight excluding hydrogens is 350 g/mol. The number of amides is 3. The van der Waals surface area contributed by atoms with Crippen molar-refractivity contribution < 1.29 is 14.4 Å². The Morgan fingerprint density at radius 1 is 1.27 bits per heavy atom. The predicted octanol–water partition coefficient (Wildman–Crippen LogP) is 1.93. The first kappa shape index (κ1) is 21.1. The molecule has 1 saturated carbocycles. The Bertz CT molecular complexity index is 520. The predicted molar refractivity (Wildman–Crippen MR) is 105 cm³/mol. The number of rotatable bonds is 7. The van der Waals surface area contributed by atoms with E-state index < -0.39 is 18.1 Å². The van der Waals surface area contributed by atoms with Crippen molar-refractivity contribution in [2.24, 2.45) is 5.92 Å². The number of carbonyl (C=O) groups is 3. The molecule has 148 valence electrons. The van der Waals surface area contributed by atoms with Crippen LogP contribution in [0.2, 0.25) is 0 Å². The summed E-state index contributed by atoms with van der Waals surface area (Å²) in [5, 5.41) is 5.96. The zero-order chi connectivity index (χ0) is 19.3. The van der Waals surface area contributed by atoms with Crippen molar-refractivity contribution in [3.8, 4) is 0 Å². The van der Waals surface area contributed by atoms with Gasteiger partial charge in [-0.15, -0.1) is 0 Å². The van der Waals surface area contributed by atoms with Crippen LogP contribution in [-0.2, 0) is 14.4 Å². The van der Waals surface area contributed by atoms with Gasteiger partial charge in [-0.25, -0.2) is 0 Å². The van der Waals surface area contributed by atoms with Crippen LogP contribution in [0.4, 0.5) is 0 Å². The van der Waals surface area contributed by atoms with Gasteiger partial charge in [-0.05, 0) is 44.1 Å². The molecule has 1 heterocycles. The summed E-state index contributed by atoms with van der Waals surface area (Å²) < 4.78 is 0. The lowest BCUT2D eigenvalue weighted by Crippen LogP contribution is -2.68. The molecule has 3 unspecified atom stereocenters. The molecule has 0 aromatic carbocycles. The SMILES string of the molecule is CSCCC1NC(=O)C(C)N(C(C(=O)NC2CCCCC2)C(C)C)C1=O. The lowest BCUT2D eigenvalue weighted by atomic mass is 9.93. The van der Waals surface area contributed by atoms with E-state index >= 15 is 0 Å². The van der Waals surface area contributed by atoms with Gasteiger partial charge in [-0.2, -0.15) is 11.8 Å². The van der Waals surface area contributed by atoms with Crippen molar-refractivity contribution in [2.75, 3.05) is 12.0 Å². The first-order valence-corrected chi connectivity index (χ1v) is 11.2. The number of nitrogens with one attached hydrogen (secondary N) is 2. The Balaban J connectivity index is 2.17. The summed E-state index contributed by atoms with van der Waals surface area (Å²) in [7, 11) is 0. The number of thioether (sulfide) groups is 1. The van der Waals surface area contributed by atoms with E-state index in [0.717, 1.165) is 31.4 Å². The van der Waals surface area contributed by atoms with Crippen LogP contribution < -0.4 is 10.6 Å². The molecule has 2 fully saturated rings. The van der Waals surface area contributed by atoms with Crippen molar-refractivity contribution in [1.82, 2.24) is 15.5 Å². The third-order valence-corrected chi connectivity index (χ3v) is 6.07. The summed E-state index contributed by atoms with van der Waals surface area (Å²) in [6.45, 7) is 5.59. The van der Waals surface area contributed by atoms with E-state index in [4.69, 9.17) is 0 Å². The molecule has 1 saturated heterocycles. The average molecular weight is 384 g/mol. The third-order valence-electron chi connectivity index (χ3n) is 5.43. The van der Waals surface area contributed by atoms with Gasteiger partial charge in [0.1, 0.15) is 18.1 Å². The lowest BCUT2D eigenvalue weighted by molar-refractivity contribution is -0.156. The summed E-state index contributed by atoms with van der Waals surface area (Å²) in [5.41, 5.74) is 0. The Morgan fingerprint density at radius 2 is 1.92 bits per heavy atom. The summed E-state index contributed by atoms with van der Waals surface area (Å²) in [4.78, 5) is 40.0. The van der Waals surface area contributed by atoms with E-state index in [-0.39, 0.29) is 29.7 Å². The molecular formula is C19H33N3O3S. The van der Waals surface area contributed by atoms with Crippen molar-refractivity contribution in [2.45, 2.75) is 83.5 Å². The normalized spacial score (nSPS) is 26.0. The minimum Gasteiger partial charge on any atom is -0.352 e. The van der Waals surface area contributed by atoms with Crippen molar-refractivity contribution >= 4 is 29.5 Å². The molecule has 2 N–H and O–H groups in total. The van der Waals surface area contributed by atoms with Crippen LogP contribution in [0.3, 0.4) is 0 Å². The molecule has 2 aliphatic rings. The fourth-order valence-electron chi connectivity index (χ4n) is 3.94. The molecule has 1 aliphatic heterocycles. The molecule has 6 nitrogen and oxygen atoms in total. The van der Waals surface area contributed by atoms with E-state index in [9.17, 15) is 14.4 Å². The van der Waals surface area contributed by atoms with Crippen molar-refractivity contribution in [3.05, 3.63) is 0 Å². The van der Waals surface area contributed by atoms with E-state index in [1.165, 1.54) is 11.3 Å². The van der Waals surface area contributed by atoms with Crippen LogP contribution in [0.25, 0.3) is 0 Å². The van der Waals surface area contributed by atoms with Crippen LogP contribution in [0.1, 0.15) is 59.3 Å². The van der Waals surface area contributed by atoms with Gasteiger partial charge in [0.05, 0.1) is 0 Å². The molecule has 26 heavy (non-hydrogen) atoms. The van der Waals surface area contributed by atoms with Crippen LogP contribution in [0, 0.1) is 5.92 Å². The first-order valence-electron chi connectivity index (χ1n) is 9.78. The number of piperazine rings is 1. The van der Waals surface area contributed by atoms with E-state index in [1.807, 2.05) is 20.1 Å². The monoisotopic (exact) mass is 383 g/mol. The van der Waals surface area contributed by atoms with E-state index in [1.54, 1.807) is 18.7 Å². The van der Waals surface area contributed by atoms with Crippen LogP contribution >= 0.6 is 11.8 Å². The molecule has 1 aliphatic carbocycles. The van der Waals surface area contributed by atoms with Crippen LogP contribution in [-0.4, -0.2) is 58.8 Å². The maximum atomic E-state index is 13.1. The van der Waals surface area contributed by atoms with E-state index in [0.29, 0.717) is 6.42 Å². The second-order valence-electron chi connectivity index (χ2n) is 7.80. The van der Waals surface area contributed by atoms with Gasteiger partial charge >= 0.3 is 0 Å². The fraction of sp³-hybridized carbons (Fsp3) is 0.842. The summed E-state index contributed by atoms with van der Waals surface area (Å²) >= 11 is 1.64. The molecule has 3 amide bonds. The van der Waals surface area contributed by atoms with E-state index in [2.05, 4.69) is 10.6 Å². The Hall–Kier alpha value is -1.24. The second kappa shape index (κ2) is 9.62. The van der Waals surface area contributed by atoms with Gasteiger partial charge in [-0.1, -0.05) is 33.1 Å². The van der Waals surface area contributed by atoms with Crippen molar-refractivity contribution in [1.29, 1.82) is 0 Å². The number of hydrogen-bond donors (Lipinski definition) is 2. The Labute approximate surface area is 161 Å². The number of nitrogens with zero attached hydrogens (tertiary/aromatic N) is 1. The highest BCUT2D eigenvalue weighted by Crippen LogP contribution is 2.23. The highest BCUT2D eigenvalue weighted by atomic mass is 32.2. The number of carbonyl (C=O) groups excluding carboxylic acids is 3. The molecule has 0 bridgehead atoms. The van der Waals surface area contributed by atoms with Gasteiger partial charge in [0.15, 0.2) is 0 Å². The highest BCUT2D eigenvalue weighted by molar-refractivity contribution is 7.98. The zero-order valence-corrected chi connectivity index (χ0v) is 17.2. The average Bonchev–Trinajstić information content (AvgIpc) is 2.61. The molecule has 0 aromatic heterocycles. The minimum absolute atomic E-state index is 0.0582. The fourth-order valence-corrected chi connectivity index (χ4v) is 4.42.